The number of hydrogen-bond acceptors (Lipinski definition) is 12. The van der Waals surface area contributed by atoms with Crippen LogP contribution in [0.3, 0.4) is 0 Å². The molecule has 2 N–H and O–H groups in total. The minimum Gasteiger partial charge on any atom is -0.354 e. The van der Waals surface area contributed by atoms with Gasteiger partial charge in [-0.25, -0.2) is 19.0 Å². The molecule has 8 heterocycles. The van der Waals surface area contributed by atoms with Gasteiger partial charge in [0.05, 0.1) is 39.0 Å². The molecule has 19 heteroatoms. The van der Waals surface area contributed by atoms with Crippen LogP contribution in [-0.2, 0) is 0 Å². The number of nitriles is 2. The van der Waals surface area contributed by atoms with Crippen LogP contribution in [0, 0.1) is 29.6 Å². The van der Waals surface area contributed by atoms with Gasteiger partial charge < -0.3 is 10.6 Å². The third kappa shape index (κ3) is 10.7. The summed E-state index contributed by atoms with van der Waals surface area (Å²) >= 11 is 3.41. The number of amides is 4. The summed E-state index contributed by atoms with van der Waals surface area (Å²) < 4.78 is 4.19. The van der Waals surface area contributed by atoms with E-state index in [2.05, 4.69) is 56.7 Å². The minimum absolute atomic E-state index is 0.148. The molecular weight excluding hydrogens is 905 g/mol. The zero-order chi connectivity index (χ0) is 47.3. The van der Waals surface area contributed by atoms with Crippen molar-refractivity contribution in [3.05, 3.63) is 166 Å². The lowest BCUT2D eigenvalue weighted by atomic mass is 10.1. The van der Waals surface area contributed by atoms with Gasteiger partial charge in [-0.15, -0.1) is 0 Å². The molecule has 330 valence electrons. The second-order valence-electron chi connectivity index (χ2n) is 14.0. The first-order valence-corrected chi connectivity index (χ1v) is 21.0. The van der Waals surface area contributed by atoms with Crippen molar-refractivity contribution >= 4 is 62.2 Å². The van der Waals surface area contributed by atoms with Crippen molar-refractivity contribution < 1.29 is 19.2 Å². The summed E-state index contributed by atoms with van der Waals surface area (Å²) in [6.45, 7) is 6.56. The van der Waals surface area contributed by atoms with E-state index in [1.165, 1.54) is 12.4 Å². The fourth-order valence-electron chi connectivity index (χ4n) is 6.32. The molecule has 0 fully saturated rings. The van der Waals surface area contributed by atoms with Gasteiger partial charge in [-0.1, -0.05) is 12.1 Å². The first-order chi connectivity index (χ1) is 31.9. The molecule has 0 saturated heterocycles. The van der Waals surface area contributed by atoms with Gasteiger partial charge in [0.1, 0.15) is 35.2 Å². The Morgan fingerprint density at radius 3 is 1.56 bits per heavy atom. The number of rotatable bonds is 9. The lowest BCUT2D eigenvalue weighted by molar-refractivity contribution is 0.0950. The van der Waals surface area contributed by atoms with Crippen LogP contribution >= 0.6 is 15.9 Å². The summed E-state index contributed by atoms with van der Waals surface area (Å²) in [6.07, 6.45) is 13.0. The lowest BCUT2D eigenvalue weighted by Crippen LogP contribution is -2.31. The standard InChI is InChI=1S/C23H19N7O2.C16H12BrN5O.C8H10N2O/c1-3-29(21-7-4-15(11-24)12-27-21)23(32)16-8-9-30-20(10-16)18(14-28-30)17-5-6-19(26-13-17)22(31)25-2;1-2-21(15-4-3-11(8-18)9-19-15)16(23)12-5-6-22-14(7-12)13(17)10-20-22;1-6-3-4-7(10-5-6)8(11)9-2/h4-10,12-14H,3H2,1-2H3,(H,25,31);3-7,9-10H,2H2,1H3;3-5H,1-2H3,(H,9,11). The number of pyridine rings is 6. The quantitative estimate of drug-likeness (QED) is 0.159. The fraction of sp³-hybridized carbons (Fsp3) is 0.149. The maximum absolute atomic E-state index is 13.2. The van der Waals surface area contributed by atoms with E-state index in [1.807, 2.05) is 39.0 Å². The zero-order valence-electron chi connectivity index (χ0n) is 36.3. The van der Waals surface area contributed by atoms with Gasteiger partial charge in [0.2, 0.25) is 0 Å². The van der Waals surface area contributed by atoms with E-state index in [9.17, 15) is 19.2 Å². The molecule has 0 atom stereocenters. The number of hydrogen-bond donors (Lipinski definition) is 2. The van der Waals surface area contributed by atoms with E-state index in [1.54, 1.807) is 137 Å². The molecule has 0 aliphatic rings. The van der Waals surface area contributed by atoms with Crippen molar-refractivity contribution in [2.45, 2.75) is 20.8 Å². The SMILES string of the molecule is CCN(C(=O)c1ccn2ncc(-c3ccc(C(=O)NC)nc3)c2c1)c1ccc(C#N)cn1.CCN(C(=O)c1ccn2ncc(Br)c2c1)c1ccc(C#N)cn1.CNC(=O)c1ccc(C)cn1. The monoisotopic (exact) mass is 944 g/mol. The minimum atomic E-state index is -0.264. The molecule has 0 saturated carbocycles. The van der Waals surface area contributed by atoms with E-state index in [-0.39, 0.29) is 23.6 Å². The number of aryl methyl sites for hydroxylation is 1. The van der Waals surface area contributed by atoms with Crippen LogP contribution in [0.5, 0.6) is 0 Å². The number of nitrogens with one attached hydrogen (secondary N) is 2. The Morgan fingerprint density at radius 2 is 1.12 bits per heavy atom. The fourth-order valence-corrected chi connectivity index (χ4v) is 6.71. The largest absolute Gasteiger partial charge is 0.354 e. The first kappa shape index (κ1) is 46.8. The van der Waals surface area contributed by atoms with Crippen LogP contribution in [0.2, 0.25) is 0 Å². The Labute approximate surface area is 387 Å². The van der Waals surface area contributed by atoms with Crippen LogP contribution in [0.4, 0.5) is 11.6 Å². The maximum atomic E-state index is 13.2. The summed E-state index contributed by atoms with van der Waals surface area (Å²) in [6, 6.07) is 24.6. The van der Waals surface area contributed by atoms with Crippen molar-refractivity contribution in [3.8, 4) is 23.3 Å². The number of anilines is 2. The molecule has 8 aromatic heterocycles. The second kappa shape index (κ2) is 21.6. The molecule has 0 aromatic carbocycles. The number of aromatic nitrogens is 8. The molecule has 4 amide bonds. The molecule has 0 aliphatic carbocycles. The summed E-state index contributed by atoms with van der Waals surface area (Å²) in [5.41, 5.74) is 6.85. The van der Waals surface area contributed by atoms with E-state index in [0.29, 0.717) is 58.4 Å². The molecule has 8 aromatic rings. The molecule has 0 spiro atoms. The van der Waals surface area contributed by atoms with Crippen molar-refractivity contribution in [1.29, 1.82) is 10.5 Å². The van der Waals surface area contributed by atoms with Gasteiger partial charge in [-0.3, -0.25) is 38.9 Å². The van der Waals surface area contributed by atoms with E-state index in [4.69, 9.17) is 10.5 Å². The van der Waals surface area contributed by atoms with Crippen molar-refractivity contribution in [2.24, 2.45) is 0 Å². The summed E-state index contributed by atoms with van der Waals surface area (Å²) in [5.74, 6) is 0.209. The maximum Gasteiger partial charge on any atom is 0.269 e. The highest BCUT2D eigenvalue weighted by Gasteiger charge is 2.20. The lowest BCUT2D eigenvalue weighted by Gasteiger charge is -2.20. The Bertz CT molecular complexity index is 3100. The van der Waals surface area contributed by atoms with Gasteiger partial charge in [0.15, 0.2) is 0 Å². The third-order valence-corrected chi connectivity index (χ3v) is 10.4. The predicted molar refractivity (Wildman–Crippen MR) is 250 cm³/mol. The smallest absolute Gasteiger partial charge is 0.269 e. The topological polar surface area (TPSA) is 233 Å². The van der Waals surface area contributed by atoms with Gasteiger partial charge in [0, 0.05) is 86.6 Å². The zero-order valence-corrected chi connectivity index (χ0v) is 37.9. The molecule has 0 unspecified atom stereocenters. The van der Waals surface area contributed by atoms with Gasteiger partial charge >= 0.3 is 0 Å². The number of carbonyl (C=O) groups excluding carboxylic acids is 4. The molecule has 0 bridgehead atoms. The highest BCUT2D eigenvalue weighted by atomic mass is 79.9. The highest BCUT2D eigenvalue weighted by Crippen LogP contribution is 2.26. The second-order valence-corrected chi connectivity index (χ2v) is 14.8. The number of fused-ring (bicyclic) bond motifs is 2. The predicted octanol–water partition coefficient (Wildman–Crippen LogP) is 6.47. The van der Waals surface area contributed by atoms with Crippen LogP contribution in [-0.4, -0.2) is 90.0 Å². The first-order valence-electron chi connectivity index (χ1n) is 20.2. The highest BCUT2D eigenvalue weighted by molar-refractivity contribution is 9.10. The third-order valence-electron chi connectivity index (χ3n) is 9.82. The Hall–Kier alpha value is -8.68. The summed E-state index contributed by atoms with van der Waals surface area (Å²) in [7, 11) is 3.14. The van der Waals surface area contributed by atoms with Crippen LogP contribution in [0.25, 0.3) is 22.2 Å². The average Bonchev–Trinajstić information content (AvgIpc) is 3.97. The van der Waals surface area contributed by atoms with Gasteiger partial charge in [-0.2, -0.15) is 20.7 Å². The number of carbonyl (C=O) groups is 4. The van der Waals surface area contributed by atoms with Crippen molar-refractivity contribution in [2.75, 3.05) is 37.0 Å². The van der Waals surface area contributed by atoms with E-state index >= 15 is 0 Å². The molecule has 66 heavy (non-hydrogen) atoms. The molecule has 18 nitrogen and oxygen atoms in total. The number of nitrogens with zero attached hydrogens (tertiary/aromatic N) is 12. The van der Waals surface area contributed by atoms with Gasteiger partial charge in [-0.05, 0) is 103 Å². The average molecular weight is 946 g/mol. The number of halogens is 1. The van der Waals surface area contributed by atoms with Crippen LogP contribution in [0.15, 0.2) is 127 Å². The normalized spacial score (nSPS) is 10.3. The molecular formula is C47H41BrN14O4. The summed E-state index contributed by atoms with van der Waals surface area (Å²) in [5, 5.41) is 31.4. The molecule has 8 rings (SSSR count). The molecule has 0 radical (unpaired) electrons. The Morgan fingerprint density at radius 1 is 0.621 bits per heavy atom. The Kier molecular flexibility index (Phi) is 15.3. The van der Waals surface area contributed by atoms with E-state index < -0.39 is 0 Å². The van der Waals surface area contributed by atoms with Crippen LogP contribution in [0.1, 0.15) is 72.2 Å². The van der Waals surface area contributed by atoms with Crippen LogP contribution < -0.4 is 20.4 Å². The van der Waals surface area contributed by atoms with Crippen molar-refractivity contribution in [3.63, 3.8) is 0 Å². The Balaban J connectivity index is 0.000000184. The van der Waals surface area contributed by atoms with E-state index in [0.717, 1.165) is 32.2 Å². The summed E-state index contributed by atoms with van der Waals surface area (Å²) in [4.78, 5) is 68.4. The van der Waals surface area contributed by atoms with Gasteiger partial charge in [0.25, 0.3) is 23.6 Å². The van der Waals surface area contributed by atoms with Crippen molar-refractivity contribution in [1.82, 2.24) is 49.8 Å². The molecule has 0 aliphatic heterocycles.